The van der Waals surface area contributed by atoms with Gasteiger partial charge in [-0.1, -0.05) is 12.1 Å². The van der Waals surface area contributed by atoms with E-state index in [4.69, 9.17) is 0 Å². The third kappa shape index (κ3) is 3.80. The molecule has 3 rings (SSSR count). The number of nitro groups is 1. The molecule has 0 aliphatic heterocycles. The molecule has 132 valence electrons. The lowest BCUT2D eigenvalue weighted by Crippen LogP contribution is -2.06. The Morgan fingerprint density at radius 2 is 1.73 bits per heavy atom. The van der Waals surface area contributed by atoms with Gasteiger partial charge in [-0.15, -0.1) is 0 Å². The number of nitrogens with one attached hydrogen (secondary N) is 1. The molecule has 5 nitrogen and oxygen atoms in total. The number of benzene rings is 2. The van der Waals surface area contributed by atoms with Crippen LogP contribution in [0.1, 0.15) is 5.56 Å². The number of alkyl halides is 3. The summed E-state index contributed by atoms with van der Waals surface area (Å²) in [4.78, 5) is 14.3. The van der Waals surface area contributed by atoms with Gasteiger partial charge in [-0.25, -0.2) is 0 Å². The zero-order valence-corrected chi connectivity index (χ0v) is 13.2. The lowest BCUT2D eigenvalue weighted by molar-refractivity contribution is -0.384. The second kappa shape index (κ2) is 6.83. The van der Waals surface area contributed by atoms with Crippen molar-refractivity contribution in [3.05, 3.63) is 82.5 Å². The van der Waals surface area contributed by atoms with E-state index in [0.29, 0.717) is 16.9 Å². The number of anilines is 2. The first-order chi connectivity index (χ1) is 12.3. The number of nitro benzene ring substituents is 1. The van der Waals surface area contributed by atoms with Crippen LogP contribution in [-0.2, 0) is 6.18 Å². The molecule has 0 spiro atoms. The molecule has 0 atom stereocenters. The summed E-state index contributed by atoms with van der Waals surface area (Å²) >= 11 is 0. The number of nitrogens with zero attached hydrogens (tertiary/aromatic N) is 2. The van der Waals surface area contributed by atoms with E-state index in [0.717, 1.165) is 12.1 Å². The van der Waals surface area contributed by atoms with E-state index in [9.17, 15) is 23.3 Å². The lowest BCUT2D eigenvalue weighted by Gasteiger charge is -2.15. The predicted octanol–water partition coefficient (Wildman–Crippen LogP) is 5.42. The van der Waals surface area contributed by atoms with Gasteiger partial charge < -0.3 is 5.32 Å². The molecule has 0 radical (unpaired) electrons. The van der Waals surface area contributed by atoms with Crippen LogP contribution in [0.25, 0.3) is 11.3 Å². The maximum Gasteiger partial charge on any atom is 0.416 e. The normalized spacial score (nSPS) is 11.2. The smallest absolute Gasteiger partial charge is 0.355 e. The zero-order chi connectivity index (χ0) is 18.7. The highest BCUT2D eigenvalue weighted by atomic mass is 19.4. The van der Waals surface area contributed by atoms with Crippen molar-refractivity contribution in [3.63, 3.8) is 0 Å². The summed E-state index contributed by atoms with van der Waals surface area (Å²) < 4.78 is 39.2. The van der Waals surface area contributed by atoms with Crippen molar-refractivity contribution in [3.8, 4) is 11.3 Å². The molecule has 3 aromatic rings. The SMILES string of the molecule is O=[N+]([O-])c1ccc(Nc2cc(C(F)(F)F)ccc2-c2ccccn2)cc1. The molecule has 0 amide bonds. The summed E-state index contributed by atoms with van der Waals surface area (Å²) in [6, 6.07) is 13.9. The van der Waals surface area contributed by atoms with Crippen molar-refractivity contribution >= 4 is 17.1 Å². The minimum atomic E-state index is -4.49. The summed E-state index contributed by atoms with van der Waals surface area (Å²) in [6.07, 6.45) is -2.95. The van der Waals surface area contributed by atoms with Crippen molar-refractivity contribution in [2.24, 2.45) is 0 Å². The van der Waals surface area contributed by atoms with Gasteiger partial charge in [0, 0.05) is 35.3 Å². The van der Waals surface area contributed by atoms with E-state index in [1.54, 1.807) is 24.4 Å². The lowest BCUT2D eigenvalue weighted by atomic mass is 10.0. The predicted molar refractivity (Wildman–Crippen MR) is 91.1 cm³/mol. The van der Waals surface area contributed by atoms with Gasteiger partial charge in [0.15, 0.2) is 0 Å². The molecule has 0 aliphatic rings. The van der Waals surface area contributed by atoms with E-state index in [1.807, 2.05) is 0 Å². The van der Waals surface area contributed by atoms with Crippen LogP contribution in [0.4, 0.5) is 30.2 Å². The molecule has 2 aromatic carbocycles. The van der Waals surface area contributed by atoms with E-state index < -0.39 is 16.7 Å². The minimum Gasteiger partial charge on any atom is -0.355 e. The van der Waals surface area contributed by atoms with Gasteiger partial charge in [-0.3, -0.25) is 15.1 Å². The molecular formula is C18H12F3N3O2. The van der Waals surface area contributed by atoms with E-state index >= 15 is 0 Å². The molecule has 8 heteroatoms. The number of non-ortho nitro benzene ring substituents is 1. The summed E-state index contributed by atoms with van der Waals surface area (Å²) in [5.74, 6) is 0. The quantitative estimate of drug-likeness (QED) is 0.499. The first-order valence-corrected chi connectivity index (χ1v) is 7.49. The molecule has 0 bridgehead atoms. The fraction of sp³-hybridized carbons (Fsp3) is 0.0556. The number of hydrogen-bond acceptors (Lipinski definition) is 4. The van der Waals surface area contributed by atoms with Crippen molar-refractivity contribution < 1.29 is 18.1 Å². The fourth-order valence-electron chi connectivity index (χ4n) is 2.39. The molecule has 0 aliphatic carbocycles. The topological polar surface area (TPSA) is 68.1 Å². The molecule has 0 unspecified atom stereocenters. The second-order valence-corrected chi connectivity index (χ2v) is 5.40. The first kappa shape index (κ1) is 17.4. The largest absolute Gasteiger partial charge is 0.416 e. The average molecular weight is 359 g/mol. The van der Waals surface area contributed by atoms with Crippen molar-refractivity contribution in [2.45, 2.75) is 6.18 Å². The van der Waals surface area contributed by atoms with Crippen LogP contribution >= 0.6 is 0 Å². The number of rotatable bonds is 4. The Hall–Kier alpha value is -3.42. The van der Waals surface area contributed by atoms with Crippen LogP contribution in [0.15, 0.2) is 66.9 Å². The third-order valence-electron chi connectivity index (χ3n) is 3.64. The minimum absolute atomic E-state index is 0.107. The molecule has 1 N–H and O–H groups in total. The average Bonchev–Trinajstić information content (AvgIpc) is 2.62. The summed E-state index contributed by atoms with van der Waals surface area (Å²) in [5.41, 5.74) is 0.702. The van der Waals surface area contributed by atoms with Gasteiger partial charge in [0.2, 0.25) is 0 Å². The van der Waals surface area contributed by atoms with Gasteiger partial charge in [0.05, 0.1) is 16.2 Å². The van der Waals surface area contributed by atoms with Crippen LogP contribution < -0.4 is 5.32 Å². The maximum absolute atomic E-state index is 13.1. The highest BCUT2D eigenvalue weighted by molar-refractivity contribution is 5.80. The Bertz CT molecular complexity index is 927. The second-order valence-electron chi connectivity index (χ2n) is 5.40. The highest BCUT2D eigenvalue weighted by Crippen LogP contribution is 2.36. The summed E-state index contributed by atoms with van der Waals surface area (Å²) in [7, 11) is 0. The van der Waals surface area contributed by atoms with Crippen molar-refractivity contribution in [1.82, 2.24) is 4.98 Å². The standard InChI is InChI=1S/C18H12F3N3O2/c19-18(20,21)12-4-9-15(16-3-1-2-10-22-16)17(11-12)23-13-5-7-14(8-6-13)24(25)26/h1-11,23H. The highest BCUT2D eigenvalue weighted by Gasteiger charge is 2.31. The summed E-state index contributed by atoms with van der Waals surface area (Å²) in [5, 5.41) is 13.6. The molecule has 1 heterocycles. The first-order valence-electron chi connectivity index (χ1n) is 7.49. The number of pyridine rings is 1. The van der Waals surface area contributed by atoms with Crippen LogP contribution in [0.2, 0.25) is 0 Å². The Kier molecular flexibility index (Phi) is 4.57. The van der Waals surface area contributed by atoms with Crippen LogP contribution in [0.5, 0.6) is 0 Å². The van der Waals surface area contributed by atoms with E-state index in [1.165, 1.54) is 30.3 Å². The Labute approximate surface area is 146 Å². The Morgan fingerprint density at radius 1 is 1.00 bits per heavy atom. The van der Waals surface area contributed by atoms with Gasteiger partial charge in [0.25, 0.3) is 5.69 Å². The maximum atomic E-state index is 13.1. The Morgan fingerprint density at radius 3 is 2.31 bits per heavy atom. The molecule has 0 saturated heterocycles. The third-order valence-corrected chi connectivity index (χ3v) is 3.64. The van der Waals surface area contributed by atoms with Gasteiger partial charge in [-0.2, -0.15) is 13.2 Å². The molecule has 0 fully saturated rings. The molecule has 1 aromatic heterocycles. The summed E-state index contributed by atoms with van der Waals surface area (Å²) in [6.45, 7) is 0. The zero-order valence-electron chi connectivity index (χ0n) is 13.2. The number of halogens is 3. The molecular weight excluding hydrogens is 347 g/mol. The van der Waals surface area contributed by atoms with Crippen molar-refractivity contribution in [1.29, 1.82) is 0 Å². The fourth-order valence-corrected chi connectivity index (χ4v) is 2.39. The number of aromatic nitrogens is 1. The van der Waals surface area contributed by atoms with E-state index in [2.05, 4.69) is 10.3 Å². The van der Waals surface area contributed by atoms with Crippen molar-refractivity contribution in [2.75, 3.05) is 5.32 Å². The Balaban J connectivity index is 2.03. The molecule has 26 heavy (non-hydrogen) atoms. The van der Waals surface area contributed by atoms with Crippen LogP contribution in [0.3, 0.4) is 0 Å². The van der Waals surface area contributed by atoms with Crippen LogP contribution in [0, 0.1) is 10.1 Å². The molecule has 0 saturated carbocycles. The van der Waals surface area contributed by atoms with Gasteiger partial charge >= 0.3 is 6.18 Å². The van der Waals surface area contributed by atoms with E-state index in [-0.39, 0.29) is 11.4 Å². The van der Waals surface area contributed by atoms with Crippen LogP contribution in [-0.4, -0.2) is 9.91 Å². The monoisotopic (exact) mass is 359 g/mol. The van der Waals surface area contributed by atoms with Gasteiger partial charge in [-0.05, 0) is 36.4 Å². The van der Waals surface area contributed by atoms with Gasteiger partial charge in [0.1, 0.15) is 0 Å². The number of hydrogen-bond donors (Lipinski definition) is 1.